The molecule has 0 radical (unpaired) electrons. The first-order valence-electron chi connectivity index (χ1n) is 10.5. The van der Waals surface area contributed by atoms with Gasteiger partial charge in [-0.25, -0.2) is 17.2 Å². The SMILES string of the molecule is O=S(=O)(CCN1CCC(F)(F)C1)N(Cc1ccc(-c2nnc(C(F)F)o2)cc1)c1ccccc1. The number of sulfonamides is 1. The van der Waals surface area contributed by atoms with E-state index in [-0.39, 0.29) is 37.7 Å². The maximum Gasteiger partial charge on any atom is 0.314 e. The van der Waals surface area contributed by atoms with E-state index in [0.717, 1.165) is 0 Å². The molecule has 0 spiro atoms. The number of benzene rings is 2. The fourth-order valence-corrected chi connectivity index (χ4v) is 5.15. The second kappa shape index (κ2) is 9.71. The largest absolute Gasteiger partial charge is 0.415 e. The molecule has 0 aliphatic carbocycles. The Hall–Kier alpha value is -2.99. The minimum absolute atomic E-state index is 0.00380. The lowest BCUT2D eigenvalue weighted by molar-refractivity contribution is 0.0128. The summed E-state index contributed by atoms with van der Waals surface area (Å²) < 4.78 is 84.9. The number of para-hydroxylation sites is 1. The Morgan fingerprint density at radius 3 is 2.35 bits per heavy atom. The van der Waals surface area contributed by atoms with Crippen LogP contribution in [0.15, 0.2) is 59.0 Å². The monoisotopic (exact) mass is 498 g/mol. The molecule has 1 saturated heterocycles. The molecule has 12 heteroatoms. The minimum atomic E-state index is -3.84. The second-order valence-corrected chi connectivity index (χ2v) is 10.00. The van der Waals surface area contributed by atoms with E-state index in [1.807, 2.05) is 0 Å². The molecule has 0 N–H and O–H groups in total. The van der Waals surface area contributed by atoms with E-state index in [2.05, 4.69) is 10.2 Å². The maximum absolute atomic E-state index is 13.5. The van der Waals surface area contributed by atoms with Gasteiger partial charge in [0.25, 0.3) is 11.8 Å². The molecule has 7 nitrogen and oxygen atoms in total. The van der Waals surface area contributed by atoms with E-state index in [4.69, 9.17) is 4.42 Å². The van der Waals surface area contributed by atoms with E-state index >= 15 is 0 Å². The fraction of sp³-hybridized carbons (Fsp3) is 0.364. The molecule has 1 aromatic heterocycles. The predicted molar refractivity (Wildman–Crippen MR) is 117 cm³/mol. The number of nitrogens with zero attached hydrogens (tertiary/aromatic N) is 4. The number of halogens is 4. The predicted octanol–water partition coefficient (Wildman–Crippen LogP) is 4.35. The van der Waals surface area contributed by atoms with Gasteiger partial charge in [0.2, 0.25) is 15.9 Å². The van der Waals surface area contributed by atoms with Crippen LogP contribution in [0.3, 0.4) is 0 Å². The molecule has 0 amide bonds. The van der Waals surface area contributed by atoms with Crippen molar-refractivity contribution in [2.45, 2.75) is 25.3 Å². The average molecular weight is 499 g/mol. The maximum atomic E-state index is 13.5. The van der Waals surface area contributed by atoms with Gasteiger partial charge in [-0.05, 0) is 29.8 Å². The Morgan fingerprint density at radius 1 is 1.06 bits per heavy atom. The van der Waals surface area contributed by atoms with E-state index in [0.29, 0.717) is 16.8 Å². The third-order valence-electron chi connectivity index (χ3n) is 5.45. The van der Waals surface area contributed by atoms with Gasteiger partial charge in [-0.1, -0.05) is 30.3 Å². The van der Waals surface area contributed by atoms with E-state index in [9.17, 15) is 26.0 Å². The van der Waals surface area contributed by atoms with Gasteiger partial charge < -0.3 is 4.42 Å². The van der Waals surface area contributed by atoms with Crippen LogP contribution in [0.2, 0.25) is 0 Å². The number of hydrogen-bond donors (Lipinski definition) is 0. The van der Waals surface area contributed by atoms with Crippen molar-refractivity contribution in [1.82, 2.24) is 15.1 Å². The van der Waals surface area contributed by atoms with Crippen LogP contribution in [0, 0.1) is 0 Å². The summed E-state index contributed by atoms with van der Waals surface area (Å²) >= 11 is 0. The number of likely N-dealkylation sites (tertiary alicyclic amines) is 1. The highest BCUT2D eigenvalue weighted by molar-refractivity contribution is 7.92. The number of anilines is 1. The molecule has 34 heavy (non-hydrogen) atoms. The first-order valence-corrected chi connectivity index (χ1v) is 12.1. The van der Waals surface area contributed by atoms with Crippen LogP contribution in [0.1, 0.15) is 24.3 Å². The third kappa shape index (κ3) is 5.73. The number of alkyl halides is 4. The Balaban J connectivity index is 1.51. The summed E-state index contributed by atoms with van der Waals surface area (Å²) in [4.78, 5) is 1.45. The Kier molecular flexibility index (Phi) is 6.89. The molecule has 0 atom stereocenters. The van der Waals surface area contributed by atoms with Crippen LogP contribution in [0.5, 0.6) is 0 Å². The minimum Gasteiger partial charge on any atom is -0.415 e. The third-order valence-corrected chi connectivity index (χ3v) is 7.16. The quantitative estimate of drug-likeness (QED) is 0.408. The first-order chi connectivity index (χ1) is 16.1. The van der Waals surface area contributed by atoms with Gasteiger partial charge in [-0.2, -0.15) is 8.78 Å². The highest BCUT2D eigenvalue weighted by Gasteiger charge is 2.38. The zero-order valence-corrected chi connectivity index (χ0v) is 18.8. The number of rotatable bonds is 9. The normalized spacial score (nSPS) is 16.3. The van der Waals surface area contributed by atoms with Crippen LogP contribution in [-0.2, 0) is 16.6 Å². The lowest BCUT2D eigenvalue weighted by Gasteiger charge is -2.26. The van der Waals surface area contributed by atoms with Crippen molar-refractivity contribution in [3.8, 4) is 11.5 Å². The summed E-state index contributed by atoms with van der Waals surface area (Å²) in [5.74, 6) is -3.96. The van der Waals surface area contributed by atoms with Crippen LogP contribution in [0.4, 0.5) is 23.2 Å². The van der Waals surface area contributed by atoms with E-state index < -0.39 is 34.8 Å². The highest BCUT2D eigenvalue weighted by atomic mass is 32.2. The molecule has 182 valence electrons. The highest BCUT2D eigenvalue weighted by Crippen LogP contribution is 2.28. The molecule has 4 rings (SSSR count). The summed E-state index contributed by atoms with van der Waals surface area (Å²) in [5.41, 5.74) is 1.47. The smallest absolute Gasteiger partial charge is 0.314 e. The molecule has 0 saturated carbocycles. The number of aromatic nitrogens is 2. The summed E-state index contributed by atoms with van der Waals surface area (Å²) in [6.45, 7) is -0.296. The van der Waals surface area contributed by atoms with Crippen LogP contribution < -0.4 is 4.31 Å². The van der Waals surface area contributed by atoms with Crippen molar-refractivity contribution in [1.29, 1.82) is 0 Å². The lowest BCUT2D eigenvalue weighted by atomic mass is 10.1. The lowest BCUT2D eigenvalue weighted by Crippen LogP contribution is -2.37. The molecule has 1 aliphatic rings. The summed E-state index contributed by atoms with van der Waals surface area (Å²) in [6.07, 6.45) is -3.15. The van der Waals surface area contributed by atoms with Gasteiger partial charge in [0, 0.05) is 25.1 Å². The summed E-state index contributed by atoms with van der Waals surface area (Å²) in [5, 5.41) is 6.89. The fourth-order valence-electron chi connectivity index (χ4n) is 3.65. The van der Waals surface area contributed by atoms with Gasteiger partial charge in [0.1, 0.15) is 0 Å². The van der Waals surface area contributed by atoms with Crippen LogP contribution >= 0.6 is 0 Å². The first kappa shape index (κ1) is 24.1. The van der Waals surface area contributed by atoms with Gasteiger partial charge in [0.15, 0.2) is 0 Å². The van der Waals surface area contributed by atoms with Crippen LogP contribution in [-0.4, -0.2) is 54.8 Å². The zero-order chi connectivity index (χ0) is 24.3. The zero-order valence-electron chi connectivity index (χ0n) is 17.9. The van der Waals surface area contributed by atoms with Crippen molar-refractivity contribution in [2.24, 2.45) is 0 Å². The molecule has 0 unspecified atom stereocenters. The molecule has 2 aromatic carbocycles. The number of hydrogen-bond acceptors (Lipinski definition) is 6. The van der Waals surface area contributed by atoms with Crippen LogP contribution in [0.25, 0.3) is 11.5 Å². The summed E-state index contributed by atoms with van der Waals surface area (Å²) in [7, 11) is -3.84. The molecular formula is C22H22F4N4O3S. The molecule has 1 aliphatic heterocycles. The second-order valence-electron chi connectivity index (χ2n) is 7.98. The average Bonchev–Trinajstić information content (AvgIpc) is 3.44. The van der Waals surface area contributed by atoms with Gasteiger partial charge >= 0.3 is 6.43 Å². The molecule has 1 fully saturated rings. The Morgan fingerprint density at radius 2 is 1.76 bits per heavy atom. The van der Waals surface area contributed by atoms with Crippen molar-refractivity contribution in [3.05, 3.63) is 66.1 Å². The van der Waals surface area contributed by atoms with Crippen molar-refractivity contribution in [3.63, 3.8) is 0 Å². The molecule has 3 aromatic rings. The summed E-state index contributed by atoms with van der Waals surface area (Å²) in [6, 6.07) is 14.9. The molecular weight excluding hydrogens is 476 g/mol. The Labute approximate surface area is 194 Å². The van der Waals surface area contributed by atoms with Gasteiger partial charge in [-0.15, -0.1) is 10.2 Å². The molecule has 0 bridgehead atoms. The van der Waals surface area contributed by atoms with Crippen molar-refractivity contribution in [2.75, 3.05) is 29.7 Å². The standard InChI is InChI=1S/C22H22F4N4O3S/c23-19(24)21-28-27-20(33-21)17-8-6-16(7-9-17)14-30(18-4-2-1-3-5-18)34(31,32)13-12-29-11-10-22(25,26)15-29/h1-9,19H,10-15H2. The van der Waals surface area contributed by atoms with Crippen molar-refractivity contribution < 1.29 is 30.4 Å². The van der Waals surface area contributed by atoms with Crippen molar-refractivity contribution >= 4 is 15.7 Å². The van der Waals surface area contributed by atoms with Gasteiger partial charge in [-0.3, -0.25) is 9.21 Å². The topological polar surface area (TPSA) is 79.5 Å². The van der Waals surface area contributed by atoms with E-state index in [1.54, 1.807) is 54.6 Å². The molecule has 2 heterocycles. The van der Waals surface area contributed by atoms with E-state index in [1.165, 1.54) is 9.21 Å². The van der Waals surface area contributed by atoms with Gasteiger partial charge in [0.05, 0.1) is 24.5 Å². The Bertz CT molecular complexity index is 1200.